The fourth-order valence-corrected chi connectivity index (χ4v) is 3.10. The molecule has 0 spiro atoms. The number of aromatic nitrogens is 3. The van der Waals surface area contributed by atoms with Crippen molar-refractivity contribution >= 4 is 5.91 Å². The highest BCUT2D eigenvalue weighted by Crippen LogP contribution is 2.40. The van der Waals surface area contributed by atoms with Gasteiger partial charge in [0.15, 0.2) is 5.82 Å². The fraction of sp³-hybridized carbons (Fsp3) is 0.471. The SMILES string of the molecule is Cc1nc(C(=O)N2CCCC2c2noc(C3CC3)n2)ccc1C#N. The molecule has 122 valence electrons. The number of aryl methyl sites for hydroxylation is 1. The Morgan fingerprint density at radius 3 is 2.88 bits per heavy atom. The average Bonchev–Trinajstić information content (AvgIpc) is 3.12. The van der Waals surface area contributed by atoms with E-state index in [4.69, 9.17) is 9.78 Å². The molecule has 1 atom stereocenters. The average molecular weight is 323 g/mol. The smallest absolute Gasteiger partial charge is 0.273 e. The van der Waals surface area contributed by atoms with E-state index in [1.54, 1.807) is 24.0 Å². The molecule has 2 fully saturated rings. The van der Waals surface area contributed by atoms with Gasteiger partial charge in [0.1, 0.15) is 11.8 Å². The van der Waals surface area contributed by atoms with Crippen LogP contribution in [0.2, 0.25) is 0 Å². The van der Waals surface area contributed by atoms with E-state index in [1.807, 2.05) is 0 Å². The molecule has 2 aromatic rings. The summed E-state index contributed by atoms with van der Waals surface area (Å²) in [6, 6.07) is 5.15. The number of amides is 1. The molecule has 7 nitrogen and oxygen atoms in total. The Bertz CT molecular complexity index is 834. The third-order valence-electron chi connectivity index (χ3n) is 4.62. The Morgan fingerprint density at radius 1 is 1.33 bits per heavy atom. The number of nitrogens with zero attached hydrogens (tertiary/aromatic N) is 5. The molecule has 2 aromatic heterocycles. The number of rotatable bonds is 3. The van der Waals surface area contributed by atoms with Crippen molar-refractivity contribution in [1.82, 2.24) is 20.0 Å². The first kappa shape index (κ1) is 14.8. The summed E-state index contributed by atoms with van der Waals surface area (Å²) >= 11 is 0. The third kappa shape index (κ3) is 2.54. The second kappa shape index (κ2) is 5.71. The van der Waals surface area contributed by atoms with Crippen LogP contribution in [0.3, 0.4) is 0 Å². The lowest BCUT2D eigenvalue weighted by atomic mass is 10.1. The second-order valence-corrected chi connectivity index (χ2v) is 6.36. The van der Waals surface area contributed by atoms with E-state index in [0.29, 0.717) is 41.1 Å². The maximum absolute atomic E-state index is 12.8. The molecule has 3 heterocycles. The van der Waals surface area contributed by atoms with Crippen LogP contribution < -0.4 is 0 Å². The number of hydrogen-bond donors (Lipinski definition) is 0. The van der Waals surface area contributed by atoms with Crippen LogP contribution in [0, 0.1) is 18.3 Å². The largest absolute Gasteiger partial charge is 0.339 e. The van der Waals surface area contributed by atoms with Gasteiger partial charge in [0.2, 0.25) is 5.89 Å². The zero-order valence-corrected chi connectivity index (χ0v) is 13.4. The zero-order valence-electron chi connectivity index (χ0n) is 13.4. The standard InChI is InChI=1S/C17H17N5O2/c1-10-12(9-18)6-7-13(19-10)17(23)22-8-2-3-14(22)15-20-16(24-21-15)11-4-5-11/h6-7,11,14H,2-5,8H2,1H3. The fourth-order valence-electron chi connectivity index (χ4n) is 3.10. The minimum absolute atomic E-state index is 0.150. The van der Waals surface area contributed by atoms with Crippen LogP contribution in [0.5, 0.6) is 0 Å². The third-order valence-corrected chi connectivity index (χ3v) is 4.62. The maximum Gasteiger partial charge on any atom is 0.273 e. The molecule has 0 N–H and O–H groups in total. The Kier molecular flexibility index (Phi) is 3.53. The summed E-state index contributed by atoms with van der Waals surface area (Å²) in [4.78, 5) is 23.4. The molecule has 24 heavy (non-hydrogen) atoms. The van der Waals surface area contributed by atoms with Crippen molar-refractivity contribution in [3.63, 3.8) is 0 Å². The molecule has 0 radical (unpaired) electrons. The first-order valence-corrected chi connectivity index (χ1v) is 8.19. The monoisotopic (exact) mass is 323 g/mol. The summed E-state index contributed by atoms with van der Waals surface area (Å²) in [5.41, 5.74) is 1.40. The molecule has 0 aromatic carbocycles. The minimum Gasteiger partial charge on any atom is -0.339 e. The number of nitriles is 1. The summed E-state index contributed by atoms with van der Waals surface area (Å²) < 4.78 is 5.33. The van der Waals surface area contributed by atoms with E-state index >= 15 is 0 Å². The van der Waals surface area contributed by atoms with Crippen molar-refractivity contribution in [2.75, 3.05) is 6.54 Å². The number of likely N-dealkylation sites (tertiary alicyclic amines) is 1. The van der Waals surface area contributed by atoms with Gasteiger partial charge < -0.3 is 9.42 Å². The van der Waals surface area contributed by atoms with Gasteiger partial charge in [0.05, 0.1) is 17.3 Å². The van der Waals surface area contributed by atoms with Gasteiger partial charge in [-0.1, -0.05) is 5.16 Å². The number of hydrogen-bond acceptors (Lipinski definition) is 6. The van der Waals surface area contributed by atoms with Gasteiger partial charge in [-0.25, -0.2) is 4.98 Å². The summed E-state index contributed by atoms with van der Waals surface area (Å²) in [6.07, 6.45) is 3.93. The first-order chi connectivity index (χ1) is 11.7. The molecule has 4 rings (SSSR count). The van der Waals surface area contributed by atoms with Gasteiger partial charge in [-0.15, -0.1) is 0 Å². The number of carbonyl (C=O) groups excluding carboxylic acids is 1. The molecular formula is C17H17N5O2. The Hall–Kier alpha value is -2.75. The van der Waals surface area contributed by atoms with Crippen LogP contribution in [0.4, 0.5) is 0 Å². The van der Waals surface area contributed by atoms with Crippen LogP contribution in [-0.4, -0.2) is 32.5 Å². The normalized spacial score (nSPS) is 20.2. The summed E-state index contributed by atoms with van der Waals surface area (Å²) in [5, 5.41) is 13.1. The molecule has 2 aliphatic rings. The van der Waals surface area contributed by atoms with Crippen molar-refractivity contribution in [2.45, 2.75) is 44.6 Å². The lowest BCUT2D eigenvalue weighted by molar-refractivity contribution is 0.0722. The van der Waals surface area contributed by atoms with Crippen molar-refractivity contribution in [2.24, 2.45) is 0 Å². The van der Waals surface area contributed by atoms with E-state index in [9.17, 15) is 4.79 Å². The highest BCUT2D eigenvalue weighted by Gasteiger charge is 2.36. The Labute approximate surface area is 139 Å². The number of carbonyl (C=O) groups is 1. The highest BCUT2D eigenvalue weighted by atomic mass is 16.5. The Balaban J connectivity index is 1.58. The quantitative estimate of drug-likeness (QED) is 0.861. The van der Waals surface area contributed by atoms with Crippen LogP contribution >= 0.6 is 0 Å². The molecule has 0 bridgehead atoms. The summed E-state index contributed by atoms with van der Waals surface area (Å²) in [5.74, 6) is 1.53. The molecule has 1 aliphatic carbocycles. The van der Waals surface area contributed by atoms with Gasteiger partial charge in [-0.05, 0) is 44.7 Å². The van der Waals surface area contributed by atoms with Crippen molar-refractivity contribution in [1.29, 1.82) is 5.26 Å². The van der Waals surface area contributed by atoms with Gasteiger partial charge in [0.25, 0.3) is 5.91 Å². The van der Waals surface area contributed by atoms with E-state index in [1.165, 1.54) is 0 Å². The first-order valence-electron chi connectivity index (χ1n) is 8.19. The predicted molar refractivity (Wildman–Crippen MR) is 83.0 cm³/mol. The molecule has 7 heteroatoms. The van der Waals surface area contributed by atoms with Gasteiger partial charge in [-0.2, -0.15) is 10.2 Å². The van der Waals surface area contributed by atoms with Crippen LogP contribution in [0.25, 0.3) is 0 Å². The van der Waals surface area contributed by atoms with Crippen LogP contribution in [-0.2, 0) is 0 Å². The predicted octanol–water partition coefficient (Wildman–Crippen LogP) is 2.50. The topological polar surface area (TPSA) is 95.9 Å². The van der Waals surface area contributed by atoms with Gasteiger partial charge >= 0.3 is 0 Å². The second-order valence-electron chi connectivity index (χ2n) is 6.36. The summed E-state index contributed by atoms with van der Waals surface area (Å²) in [6.45, 7) is 2.38. The molecule has 1 unspecified atom stereocenters. The van der Waals surface area contributed by atoms with Crippen LogP contribution in [0.15, 0.2) is 16.7 Å². The van der Waals surface area contributed by atoms with E-state index in [0.717, 1.165) is 25.7 Å². The molecule has 1 saturated heterocycles. The van der Waals surface area contributed by atoms with E-state index in [2.05, 4.69) is 21.2 Å². The van der Waals surface area contributed by atoms with Crippen molar-refractivity contribution in [3.05, 3.63) is 40.8 Å². The van der Waals surface area contributed by atoms with Crippen molar-refractivity contribution in [3.8, 4) is 6.07 Å². The van der Waals surface area contributed by atoms with Gasteiger partial charge in [-0.3, -0.25) is 4.79 Å². The molecule has 1 amide bonds. The molecule has 1 aliphatic heterocycles. The summed E-state index contributed by atoms with van der Waals surface area (Å²) in [7, 11) is 0. The highest BCUT2D eigenvalue weighted by molar-refractivity contribution is 5.92. The lowest BCUT2D eigenvalue weighted by Gasteiger charge is -2.21. The van der Waals surface area contributed by atoms with E-state index < -0.39 is 0 Å². The molecule has 1 saturated carbocycles. The zero-order chi connectivity index (χ0) is 16.7. The van der Waals surface area contributed by atoms with Gasteiger partial charge in [0, 0.05) is 12.5 Å². The molecular weight excluding hydrogens is 306 g/mol. The lowest BCUT2D eigenvalue weighted by Crippen LogP contribution is -2.31. The van der Waals surface area contributed by atoms with Crippen molar-refractivity contribution < 1.29 is 9.32 Å². The minimum atomic E-state index is -0.161. The maximum atomic E-state index is 12.8. The van der Waals surface area contributed by atoms with E-state index in [-0.39, 0.29) is 11.9 Å². The van der Waals surface area contributed by atoms with Crippen LogP contribution in [0.1, 0.15) is 71.1 Å². The number of pyridine rings is 1. The Morgan fingerprint density at radius 2 is 2.17 bits per heavy atom.